The molecule has 1 aromatic heterocycles. The molecule has 30 heavy (non-hydrogen) atoms. The first-order valence-corrected chi connectivity index (χ1v) is 11.0. The van der Waals surface area contributed by atoms with E-state index in [9.17, 15) is 0 Å². The van der Waals surface area contributed by atoms with Crippen molar-refractivity contribution >= 4 is 34.7 Å². The lowest BCUT2D eigenvalue weighted by Crippen LogP contribution is -2.49. The summed E-state index contributed by atoms with van der Waals surface area (Å²) in [6, 6.07) is 18.4. The first-order valence-electron chi connectivity index (χ1n) is 10.2. The molecule has 1 saturated heterocycles. The summed E-state index contributed by atoms with van der Waals surface area (Å²) in [5.41, 5.74) is 3.79. The zero-order chi connectivity index (χ0) is 20.9. The van der Waals surface area contributed by atoms with Gasteiger partial charge in [0.25, 0.3) is 0 Å². The van der Waals surface area contributed by atoms with Crippen LogP contribution in [0.25, 0.3) is 0 Å². The number of halogens is 1. The number of thiocarbonyl (C=S) groups is 1. The van der Waals surface area contributed by atoms with Gasteiger partial charge in [-0.15, -0.1) is 0 Å². The first kappa shape index (κ1) is 20.8. The minimum atomic E-state index is 0.631. The van der Waals surface area contributed by atoms with Crippen LogP contribution in [0, 0.1) is 6.92 Å². The van der Waals surface area contributed by atoms with Crippen LogP contribution in [0.15, 0.2) is 60.8 Å². The Kier molecular flexibility index (Phi) is 6.67. The number of anilines is 1. The van der Waals surface area contributed by atoms with E-state index in [1.54, 1.807) is 0 Å². The molecule has 5 nitrogen and oxygen atoms in total. The Morgan fingerprint density at radius 2 is 1.67 bits per heavy atom. The van der Waals surface area contributed by atoms with Gasteiger partial charge in [-0.25, -0.2) is 0 Å². The van der Waals surface area contributed by atoms with Crippen molar-refractivity contribution < 1.29 is 0 Å². The summed E-state index contributed by atoms with van der Waals surface area (Å²) in [6.45, 7) is 7.62. The molecule has 0 atom stereocenters. The molecule has 3 aromatic rings. The second kappa shape index (κ2) is 9.60. The van der Waals surface area contributed by atoms with Crippen LogP contribution in [0.4, 0.5) is 5.82 Å². The van der Waals surface area contributed by atoms with Crippen LogP contribution in [0.5, 0.6) is 0 Å². The van der Waals surface area contributed by atoms with Gasteiger partial charge in [-0.05, 0) is 41.9 Å². The zero-order valence-electron chi connectivity index (χ0n) is 17.1. The first-order chi connectivity index (χ1) is 14.6. The van der Waals surface area contributed by atoms with Crippen LogP contribution in [0.2, 0.25) is 5.02 Å². The molecule has 0 aliphatic carbocycles. The predicted molar refractivity (Wildman–Crippen MR) is 127 cm³/mol. The molecule has 0 saturated carbocycles. The average Bonchev–Trinajstić information content (AvgIpc) is 3.19. The van der Waals surface area contributed by atoms with Crippen LogP contribution in [-0.2, 0) is 13.1 Å². The highest BCUT2D eigenvalue weighted by atomic mass is 35.5. The number of nitrogens with zero attached hydrogens (tertiary/aromatic N) is 4. The number of benzene rings is 2. The standard InChI is InChI=1S/C23H26ClN5S/c1-18-6-2-3-7-19(18)16-27-12-14-28(15-13-27)23(30)25-22-10-11-29(26-22)17-20-8-4-5-9-21(20)24/h2-11H,12-17H2,1H3,(H,25,26,30). The van der Waals surface area contributed by atoms with E-state index in [1.807, 2.05) is 41.2 Å². The molecule has 1 N–H and O–H groups in total. The maximum atomic E-state index is 6.25. The Morgan fingerprint density at radius 1 is 0.967 bits per heavy atom. The van der Waals surface area contributed by atoms with Crippen molar-refractivity contribution in [1.82, 2.24) is 19.6 Å². The summed E-state index contributed by atoms with van der Waals surface area (Å²) < 4.78 is 1.87. The number of aromatic nitrogens is 2. The number of hydrogen-bond acceptors (Lipinski definition) is 3. The SMILES string of the molecule is Cc1ccccc1CN1CCN(C(=S)Nc2ccn(Cc3ccccc3Cl)n2)CC1. The Hall–Kier alpha value is -2.41. The van der Waals surface area contributed by atoms with E-state index in [0.717, 1.165) is 54.2 Å². The zero-order valence-corrected chi connectivity index (χ0v) is 18.7. The van der Waals surface area contributed by atoms with Gasteiger partial charge in [-0.1, -0.05) is 54.1 Å². The van der Waals surface area contributed by atoms with Gasteiger partial charge in [-0.2, -0.15) is 5.10 Å². The maximum Gasteiger partial charge on any atom is 0.174 e. The molecule has 0 spiro atoms. The quantitative estimate of drug-likeness (QED) is 0.596. The minimum Gasteiger partial charge on any atom is -0.346 e. The second-order valence-electron chi connectivity index (χ2n) is 7.61. The summed E-state index contributed by atoms with van der Waals surface area (Å²) in [5.74, 6) is 0.759. The lowest BCUT2D eigenvalue weighted by molar-refractivity contribution is 0.176. The number of nitrogens with one attached hydrogen (secondary N) is 1. The molecule has 1 aliphatic heterocycles. The van der Waals surface area contributed by atoms with E-state index in [-0.39, 0.29) is 0 Å². The van der Waals surface area contributed by atoms with Crippen LogP contribution in [-0.4, -0.2) is 50.9 Å². The topological polar surface area (TPSA) is 36.3 Å². The predicted octanol–water partition coefficient (Wildman–Crippen LogP) is 4.41. The van der Waals surface area contributed by atoms with Crippen molar-refractivity contribution in [3.63, 3.8) is 0 Å². The molecule has 0 radical (unpaired) electrons. The Morgan fingerprint density at radius 3 is 2.40 bits per heavy atom. The summed E-state index contributed by atoms with van der Waals surface area (Å²) >= 11 is 11.9. The van der Waals surface area contributed by atoms with E-state index in [1.165, 1.54) is 11.1 Å². The smallest absolute Gasteiger partial charge is 0.174 e. The van der Waals surface area contributed by atoms with Crippen molar-refractivity contribution in [1.29, 1.82) is 0 Å². The molecular weight excluding hydrogens is 414 g/mol. The highest BCUT2D eigenvalue weighted by Gasteiger charge is 2.20. The summed E-state index contributed by atoms with van der Waals surface area (Å²) in [4.78, 5) is 4.70. The third-order valence-electron chi connectivity index (χ3n) is 5.48. The summed E-state index contributed by atoms with van der Waals surface area (Å²) in [5, 5.41) is 9.35. The highest BCUT2D eigenvalue weighted by molar-refractivity contribution is 7.80. The molecular formula is C23H26ClN5S. The van der Waals surface area contributed by atoms with E-state index in [4.69, 9.17) is 23.8 Å². The van der Waals surface area contributed by atoms with Crippen molar-refractivity contribution in [2.75, 3.05) is 31.5 Å². The molecule has 4 rings (SSSR count). The molecule has 1 aliphatic rings. The molecule has 2 heterocycles. The highest BCUT2D eigenvalue weighted by Crippen LogP contribution is 2.17. The lowest BCUT2D eigenvalue weighted by atomic mass is 10.1. The molecule has 7 heteroatoms. The van der Waals surface area contributed by atoms with Gasteiger partial charge >= 0.3 is 0 Å². The van der Waals surface area contributed by atoms with Crippen molar-refractivity contribution in [3.05, 3.63) is 82.5 Å². The summed E-state index contributed by atoms with van der Waals surface area (Å²) in [6.07, 6.45) is 1.94. The van der Waals surface area contributed by atoms with Gasteiger partial charge in [-0.3, -0.25) is 9.58 Å². The molecule has 156 valence electrons. The maximum absolute atomic E-state index is 6.25. The van der Waals surface area contributed by atoms with Crippen molar-refractivity contribution in [3.8, 4) is 0 Å². The van der Waals surface area contributed by atoms with Crippen LogP contribution >= 0.6 is 23.8 Å². The lowest BCUT2D eigenvalue weighted by Gasteiger charge is -2.36. The van der Waals surface area contributed by atoms with Gasteiger partial charge in [0, 0.05) is 50.0 Å². The van der Waals surface area contributed by atoms with Crippen molar-refractivity contribution in [2.24, 2.45) is 0 Å². The third kappa shape index (κ3) is 5.19. The van der Waals surface area contributed by atoms with Gasteiger partial charge in [0.05, 0.1) is 6.54 Å². The number of hydrogen-bond donors (Lipinski definition) is 1. The number of aryl methyl sites for hydroxylation is 1. The monoisotopic (exact) mass is 439 g/mol. The molecule has 1 fully saturated rings. The second-order valence-corrected chi connectivity index (χ2v) is 8.40. The van der Waals surface area contributed by atoms with Gasteiger partial charge < -0.3 is 10.2 Å². The average molecular weight is 440 g/mol. The normalized spacial score (nSPS) is 14.7. The van der Waals surface area contributed by atoms with Crippen LogP contribution < -0.4 is 5.32 Å². The van der Waals surface area contributed by atoms with Gasteiger partial charge in [0.15, 0.2) is 10.9 Å². The van der Waals surface area contributed by atoms with E-state index in [2.05, 4.69) is 51.4 Å². The summed E-state index contributed by atoms with van der Waals surface area (Å²) in [7, 11) is 0. The minimum absolute atomic E-state index is 0.631. The molecule has 2 aromatic carbocycles. The Labute approximate surface area is 188 Å². The fourth-order valence-electron chi connectivity index (χ4n) is 3.64. The molecule has 0 bridgehead atoms. The van der Waals surface area contributed by atoms with Gasteiger partial charge in [0.2, 0.25) is 0 Å². The molecule has 0 amide bonds. The molecule has 0 unspecified atom stereocenters. The van der Waals surface area contributed by atoms with E-state index in [0.29, 0.717) is 6.54 Å². The van der Waals surface area contributed by atoms with Crippen molar-refractivity contribution in [2.45, 2.75) is 20.0 Å². The Balaban J connectivity index is 1.28. The fourth-order valence-corrected chi connectivity index (χ4v) is 4.13. The Bertz CT molecular complexity index is 1010. The van der Waals surface area contributed by atoms with Crippen LogP contribution in [0.3, 0.4) is 0 Å². The van der Waals surface area contributed by atoms with Crippen LogP contribution in [0.1, 0.15) is 16.7 Å². The number of piperazine rings is 1. The van der Waals surface area contributed by atoms with E-state index >= 15 is 0 Å². The largest absolute Gasteiger partial charge is 0.346 e. The number of rotatable bonds is 5. The van der Waals surface area contributed by atoms with Gasteiger partial charge in [0.1, 0.15) is 0 Å². The fraction of sp³-hybridized carbons (Fsp3) is 0.304. The van der Waals surface area contributed by atoms with E-state index < -0.39 is 0 Å². The third-order valence-corrected chi connectivity index (χ3v) is 6.21.